The molecule has 1 atom stereocenters. The summed E-state index contributed by atoms with van der Waals surface area (Å²) in [6.45, 7) is 7.82. The molecule has 2 nitrogen and oxygen atoms in total. The zero-order valence-corrected chi connectivity index (χ0v) is 12.9. The van der Waals surface area contributed by atoms with E-state index in [1.54, 1.807) is 19.1 Å². The summed E-state index contributed by atoms with van der Waals surface area (Å²) in [7, 11) is 0. The molecule has 0 heterocycles. The normalized spacial score (nSPS) is 13.0. The minimum Gasteiger partial charge on any atom is -0.454 e. The molecule has 2 aromatic carbocycles. The molecule has 3 heteroatoms. The highest BCUT2D eigenvalue weighted by Gasteiger charge is 2.21. The molecule has 2 aromatic rings. The van der Waals surface area contributed by atoms with Crippen molar-refractivity contribution < 1.29 is 14.2 Å². The van der Waals surface area contributed by atoms with Crippen LogP contribution in [0.3, 0.4) is 0 Å². The van der Waals surface area contributed by atoms with E-state index in [4.69, 9.17) is 4.74 Å². The number of para-hydroxylation sites is 2. The first-order valence-electron chi connectivity index (χ1n) is 7.04. The van der Waals surface area contributed by atoms with Crippen LogP contribution in [0.25, 0.3) is 0 Å². The molecular formula is C18H21FO2. The average Bonchev–Trinajstić information content (AvgIpc) is 2.40. The molecule has 0 spiro atoms. The lowest BCUT2D eigenvalue weighted by Crippen LogP contribution is -2.12. The number of hydrogen-bond donors (Lipinski definition) is 1. The fourth-order valence-corrected chi connectivity index (χ4v) is 2.25. The molecule has 112 valence electrons. The van der Waals surface area contributed by atoms with Gasteiger partial charge in [0.15, 0.2) is 11.6 Å². The SMILES string of the molecule is C[C@@H](O)c1cccc(F)c1Oc1ccccc1C(C)(C)C. The van der Waals surface area contributed by atoms with Gasteiger partial charge in [-0.25, -0.2) is 4.39 Å². The van der Waals surface area contributed by atoms with Gasteiger partial charge in [0.1, 0.15) is 5.75 Å². The van der Waals surface area contributed by atoms with Crippen molar-refractivity contribution in [3.8, 4) is 11.5 Å². The van der Waals surface area contributed by atoms with Crippen LogP contribution in [0.2, 0.25) is 0 Å². The Bertz CT molecular complexity index is 627. The van der Waals surface area contributed by atoms with Gasteiger partial charge in [-0.3, -0.25) is 0 Å². The van der Waals surface area contributed by atoms with E-state index in [1.807, 2.05) is 24.3 Å². The molecule has 21 heavy (non-hydrogen) atoms. The molecule has 0 aliphatic carbocycles. The summed E-state index contributed by atoms with van der Waals surface area (Å²) in [5.74, 6) is 0.221. The Kier molecular flexibility index (Phi) is 4.33. The molecule has 2 rings (SSSR count). The number of hydrogen-bond acceptors (Lipinski definition) is 2. The predicted molar refractivity (Wildman–Crippen MR) is 82.2 cm³/mol. The standard InChI is InChI=1S/C18H21FO2/c1-12(20)13-8-7-10-15(19)17(13)21-16-11-6-5-9-14(16)18(2,3)4/h5-12,20H,1-4H3/t12-/m1/s1. The van der Waals surface area contributed by atoms with Crippen LogP contribution in [0, 0.1) is 5.82 Å². The Balaban J connectivity index is 2.49. The van der Waals surface area contributed by atoms with Crippen molar-refractivity contribution in [2.24, 2.45) is 0 Å². The minimum absolute atomic E-state index is 0.0872. The van der Waals surface area contributed by atoms with Crippen LogP contribution in [0.1, 0.15) is 44.9 Å². The summed E-state index contributed by atoms with van der Waals surface area (Å²) in [5, 5.41) is 9.79. The number of aliphatic hydroxyl groups excluding tert-OH is 1. The van der Waals surface area contributed by atoms with Crippen LogP contribution in [0.5, 0.6) is 11.5 Å². The van der Waals surface area contributed by atoms with Crippen LogP contribution in [0.4, 0.5) is 4.39 Å². The molecule has 0 aliphatic rings. The Morgan fingerprint density at radius 2 is 1.71 bits per heavy atom. The summed E-state index contributed by atoms with van der Waals surface area (Å²) in [6, 6.07) is 12.2. The van der Waals surface area contributed by atoms with E-state index in [1.165, 1.54) is 6.07 Å². The van der Waals surface area contributed by atoms with Crippen molar-refractivity contribution in [2.45, 2.75) is 39.2 Å². The van der Waals surface area contributed by atoms with Crippen molar-refractivity contribution >= 4 is 0 Å². The van der Waals surface area contributed by atoms with Crippen molar-refractivity contribution in [3.05, 3.63) is 59.4 Å². The molecular weight excluding hydrogens is 267 g/mol. The summed E-state index contributed by atoms with van der Waals surface area (Å²) < 4.78 is 19.9. The maximum atomic E-state index is 14.1. The van der Waals surface area contributed by atoms with E-state index in [0.717, 1.165) is 5.56 Å². The number of benzene rings is 2. The highest BCUT2D eigenvalue weighted by molar-refractivity contribution is 5.45. The Morgan fingerprint density at radius 1 is 1.05 bits per heavy atom. The zero-order valence-electron chi connectivity index (χ0n) is 12.9. The van der Waals surface area contributed by atoms with Crippen molar-refractivity contribution in [1.82, 2.24) is 0 Å². The second kappa shape index (κ2) is 5.86. The van der Waals surface area contributed by atoms with Gasteiger partial charge in [-0.15, -0.1) is 0 Å². The minimum atomic E-state index is -0.794. The van der Waals surface area contributed by atoms with Crippen molar-refractivity contribution in [2.75, 3.05) is 0 Å². The van der Waals surface area contributed by atoms with E-state index in [2.05, 4.69) is 20.8 Å². The maximum absolute atomic E-state index is 14.1. The predicted octanol–water partition coefficient (Wildman–Crippen LogP) is 4.97. The van der Waals surface area contributed by atoms with Gasteiger partial charge in [0.25, 0.3) is 0 Å². The fraction of sp³-hybridized carbons (Fsp3) is 0.333. The zero-order chi connectivity index (χ0) is 15.6. The molecule has 0 amide bonds. The van der Waals surface area contributed by atoms with Gasteiger partial charge in [0, 0.05) is 11.1 Å². The van der Waals surface area contributed by atoms with E-state index in [-0.39, 0.29) is 11.2 Å². The third kappa shape index (κ3) is 3.42. The van der Waals surface area contributed by atoms with E-state index in [0.29, 0.717) is 11.3 Å². The lowest BCUT2D eigenvalue weighted by Gasteiger charge is -2.23. The first kappa shape index (κ1) is 15.5. The van der Waals surface area contributed by atoms with E-state index in [9.17, 15) is 9.50 Å². The monoisotopic (exact) mass is 288 g/mol. The van der Waals surface area contributed by atoms with Crippen molar-refractivity contribution in [3.63, 3.8) is 0 Å². The third-order valence-electron chi connectivity index (χ3n) is 3.35. The Morgan fingerprint density at radius 3 is 2.33 bits per heavy atom. The molecule has 0 fully saturated rings. The van der Waals surface area contributed by atoms with Gasteiger partial charge < -0.3 is 9.84 Å². The summed E-state index contributed by atoms with van der Waals surface area (Å²) >= 11 is 0. The third-order valence-corrected chi connectivity index (χ3v) is 3.35. The number of halogens is 1. The van der Waals surface area contributed by atoms with Crippen LogP contribution >= 0.6 is 0 Å². The largest absolute Gasteiger partial charge is 0.454 e. The highest BCUT2D eigenvalue weighted by Crippen LogP contribution is 2.37. The smallest absolute Gasteiger partial charge is 0.168 e. The first-order valence-corrected chi connectivity index (χ1v) is 7.04. The number of aliphatic hydroxyl groups is 1. The lowest BCUT2D eigenvalue weighted by molar-refractivity contribution is 0.194. The summed E-state index contributed by atoms with van der Waals surface area (Å²) in [6.07, 6.45) is -0.794. The first-order chi connectivity index (χ1) is 9.80. The molecule has 0 bridgehead atoms. The second-order valence-corrected chi connectivity index (χ2v) is 6.18. The molecule has 0 aliphatic heterocycles. The van der Waals surface area contributed by atoms with E-state index >= 15 is 0 Å². The van der Waals surface area contributed by atoms with Crippen molar-refractivity contribution in [1.29, 1.82) is 0 Å². The van der Waals surface area contributed by atoms with Crippen LogP contribution in [0.15, 0.2) is 42.5 Å². The molecule has 0 saturated carbocycles. The summed E-state index contributed by atoms with van der Waals surface area (Å²) in [5.41, 5.74) is 1.32. The van der Waals surface area contributed by atoms with Gasteiger partial charge in [-0.05, 0) is 24.5 Å². The maximum Gasteiger partial charge on any atom is 0.168 e. The molecule has 0 radical (unpaired) electrons. The molecule has 0 unspecified atom stereocenters. The second-order valence-electron chi connectivity index (χ2n) is 6.18. The topological polar surface area (TPSA) is 29.5 Å². The van der Waals surface area contributed by atoms with Crippen LogP contribution < -0.4 is 4.74 Å². The van der Waals surface area contributed by atoms with E-state index < -0.39 is 11.9 Å². The van der Waals surface area contributed by atoms with Gasteiger partial charge in [0.05, 0.1) is 6.10 Å². The number of rotatable bonds is 3. The number of ether oxygens (including phenoxy) is 1. The lowest BCUT2D eigenvalue weighted by atomic mass is 9.86. The average molecular weight is 288 g/mol. The van der Waals surface area contributed by atoms with Crippen LogP contribution in [-0.4, -0.2) is 5.11 Å². The Hall–Kier alpha value is -1.87. The molecule has 0 saturated heterocycles. The van der Waals surface area contributed by atoms with Gasteiger partial charge in [-0.2, -0.15) is 0 Å². The van der Waals surface area contributed by atoms with Gasteiger partial charge in [0.2, 0.25) is 0 Å². The molecule has 1 N–H and O–H groups in total. The molecule has 0 aromatic heterocycles. The van der Waals surface area contributed by atoms with Gasteiger partial charge >= 0.3 is 0 Å². The quantitative estimate of drug-likeness (QED) is 0.864. The summed E-state index contributed by atoms with van der Waals surface area (Å²) in [4.78, 5) is 0. The van der Waals surface area contributed by atoms with Crippen LogP contribution in [-0.2, 0) is 5.41 Å². The Labute approximate surface area is 125 Å². The van der Waals surface area contributed by atoms with Gasteiger partial charge in [-0.1, -0.05) is 51.1 Å². The fourth-order valence-electron chi connectivity index (χ4n) is 2.25. The highest BCUT2D eigenvalue weighted by atomic mass is 19.1.